The van der Waals surface area contributed by atoms with Crippen molar-refractivity contribution >= 4 is 16.9 Å². The Morgan fingerprint density at radius 1 is 0.968 bits per heavy atom. The van der Waals surface area contributed by atoms with E-state index >= 15 is 0 Å². The van der Waals surface area contributed by atoms with Gasteiger partial charge < -0.3 is 14.6 Å². The Morgan fingerprint density at radius 2 is 1.71 bits per heavy atom. The lowest BCUT2D eigenvalue weighted by Crippen LogP contribution is -2.25. The summed E-state index contributed by atoms with van der Waals surface area (Å²) >= 11 is 0. The Morgan fingerprint density at radius 3 is 2.48 bits per heavy atom. The summed E-state index contributed by atoms with van der Waals surface area (Å²) in [5.41, 5.74) is 5.91. The first-order valence-corrected chi connectivity index (χ1v) is 10.5. The minimum atomic E-state index is -0.103. The molecule has 0 atom stereocenters. The van der Waals surface area contributed by atoms with Crippen LogP contribution in [0.3, 0.4) is 0 Å². The van der Waals surface area contributed by atoms with Crippen LogP contribution in [0.15, 0.2) is 66.7 Å². The second-order valence-corrected chi connectivity index (χ2v) is 7.79. The third kappa shape index (κ3) is 4.61. The van der Waals surface area contributed by atoms with Crippen LogP contribution in [0.25, 0.3) is 11.0 Å². The SMILES string of the molecule is Cc1cccc(C(=O)NCc2nc3ccccc3n2CCOc2c(C)cccc2C)c1. The first-order chi connectivity index (χ1) is 15.0. The van der Waals surface area contributed by atoms with E-state index in [1.807, 2.05) is 61.5 Å². The van der Waals surface area contributed by atoms with Crippen molar-refractivity contribution < 1.29 is 9.53 Å². The van der Waals surface area contributed by atoms with Gasteiger partial charge in [-0.05, 0) is 56.2 Å². The van der Waals surface area contributed by atoms with Gasteiger partial charge in [-0.25, -0.2) is 4.98 Å². The van der Waals surface area contributed by atoms with Crippen LogP contribution >= 0.6 is 0 Å². The topological polar surface area (TPSA) is 56.2 Å². The number of aromatic nitrogens is 2. The lowest BCUT2D eigenvalue weighted by atomic mass is 10.1. The number of rotatable bonds is 7. The van der Waals surface area contributed by atoms with Crippen molar-refractivity contribution in [3.8, 4) is 5.75 Å². The summed E-state index contributed by atoms with van der Waals surface area (Å²) in [6, 6.07) is 21.7. The van der Waals surface area contributed by atoms with Gasteiger partial charge in [0.05, 0.1) is 24.1 Å². The van der Waals surface area contributed by atoms with Crippen LogP contribution < -0.4 is 10.1 Å². The fourth-order valence-electron chi connectivity index (χ4n) is 3.82. The van der Waals surface area contributed by atoms with Crippen molar-refractivity contribution in [2.24, 2.45) is 0 Å². The average Bonchev–Trinajstić information content (AvgIpc) is 3.11. The molecule has 5 nitrogen and oxygen atoms in total. The van der Waals surface area contributed by atoms with Crippen LogP contribution in [-0.2, 0) is 13.1 Å². The molecule has 0 aliphatic carbocycles. The molecule has 1 heterocycles. The predicted octanol–water partition coefficient (Wildman–Crippen LogP) is 4.97. The molecule has 31 heavy (non-hydrogen) atoms. The number of para-hydroxylation sites is 3. The Balaban J connectivity index is 1.51. The normalized spacial score (nSPS) is 10.9. The molecular formula is C26H27N3O2. The van der Waals surface area contributed by atoms with Crippen LogP contribution in [0.2, 0.25) is 0 Å². The minimum absolute atomic E-state index is 0.103. The lowest BCUT2D eigenvalue weighted by Gasteiger charge is -2.14. The molecule has 0 unspecified atom stereocenters. The Labute approximate surface area is 182 Å². The van der Waals surface area contributed by atoms with Gasteiger partial charge in [0.1, 0.15) is 18.2 Å². The van der Waals surface area contributed by atoms with Gasteiger partial charge in [-0.1, -0.05) is 48.0 Å². The molecule has 4 aromatic rings. The van der Waals surface area contributed by atoms with Crippen LogP contribution in [0, 0.1) is 20.8 Å². The van der Waals surface area contributed by atoms with E-state index in [2.05, 4.69) is 35.9 Å². The number of benzene rings is 3. The van der Waals surface area contributed by atoms with Gasteiger partial charge >= 0.3 is 0 Å². The lowest BCUT2D eigenvalue weighted by molar-refractivity contribution is 0.0949. The zero-order chi connectivity index (χ0) is 21.8. The first kappa shape index (κ1) is 20.7. The molecule has 0 spiro atoms. The summed E-state index contributed by atoms with van der Waals surface area (Å²) in [5.74, 6) is 1.64. The number of hydrogen-bond acceptors (Lipinski definition) is 3. The summed E-state index contributed by atoms with van der Waals surface area (Å²) < 4.78 is 8.24. The summed E-state index contributed by atoms with van der Waals surface area (Å²) in [6.07, 6.45) is 0. The van der Waals surface area contributed by atoms with E-state index < -0.39 is 0 Å². The van der Waals surface area contributed by atoms with Crippen LogP contribution in [0.5, 0.6) is 5.75 Å². The van der Waals surface area contributed by atoms with E-state index in [0.717, 1.165) is 39.3 Å². The Kier molecular flexibility index (Phi) is 6.03. The highest BCUT2D eigenvalue weighted by atomic mass is 16.5. The molecular weight excluding hydrogens is 386 g/mol. The molecule has 1 N–H and O–H groups in total. The molecule has 158 valence electrons. The van der Waals surface area contributed by atoms with Gasteiger partial charge in [0.25, 0.3) is 5.91 Å². The highest BCUT2D eigenvalue weighted by Crippen LogP contribution is 2.23. The number of imidazole rings is 1. The highest BCUT2D eigenvalue weighted by molar-refractivity contribution is 5.94. The molecule has 0 radical (unpaired) electrons. The minimum Gasteiger partial charge on any atom is -0.491 e. The van der Waals surface area contributed by atoms with Gasteiger partial charge in [0, 0.05) is 5.56 Å². The smallest absolute Gasteiger partial charge is 0.251 e. The summed E-state index contributed by atoms with van der Waals surface area (Å²) in [4.78, 5) is 17.3. The number of hydrogen-bond donors (Lipinski definition) is 1. The number of amides is 1. The Hall–Kier alpha value is -3.60. The van der Waals surface area contributed by atoms with E-state index in [1.54, 1.807) is 0 Å². The molecule has 0 aliphatic heterocycles. The number of fused-ring (bicyclic) bond motifs is 1. The largest absolute Gasteiger partial charge is 0.491 e. The zero-order valence-corrected chi connectivity index (χ0v) is 18.2. The number of carbonyl (C=O) groups is 1. The number of aryl methyl sites for hydroxylation is 3. The number of nitrogens with one attached hydrogen (secondary N) is 1. The quantitative estimate of drug-likeness (QED) is 0.465. The molecule has 0 saturated carbocycles. The fourth-order valence-corrected chi connectivity index (χ4v) is 3.82. The van der Waals surface area contributed by atoms with Crippen LogP contribution in [0.4, 0.5) is 0 Å². The van der Waals surface area contributed by atoms with Crippen molar-refractivity contribution in [3.63, 3.8) is 0 Å². The Bertz CT molecular complexity index is 1210. The number of carbonyl (C=O) groups excluding carboxylic acids is 1. The predicted molar refractivity (Wildman–Crippen MR) is 123 cm³/mol. The summed E-state index contributed by atoms with van der Waals surface area (Å²) in [7, 11) is 0. The number of nitrogens with zero attached hydrogens (tertiary/aromatic N) is 2. The molecule has 4 rings (SSSR count). The summed E-state index contributed by atoms with van der Waals surface area (Å²) in [5, 5.41) is 3.01. The van der Waals surface area contributed by atoms with Crippen molar-refractivity contribution in [2.45, 2.75) is 33.9 Å². The van der Waals surface area contributed by atoms with Crippen molar-refractivity contribution in [2.75, 3.05) is 6.61 Å². The molecule has 0 bridgehead atoms. The molecule has 3 aromatic carbocycles. The monoisotopic (exact) mass is 413 g/mol. The van der Waals surface area contributed by atoms with Gasteiger partial charge in [0.2, 0.25) is 0 Å². The molecule has 5 heteroatoms. The van der Waals surface area contributed by atoms with Crippen molar-refractivity contribution in [3.05, 3.63) is 94.8 Å². The molecule has 0 fully saturated rings. The average molecular weight is 414 g/mol. The van der Waals surface area contributed by atoms with E-state index in [0.29, 0.717) is 25.3 Å². The highest BCUT2D eigenvalue weighted by Gasteiger charge is 2.13. The maximum atomic E-state index is 12.6. The van der Waals surface area contributed by atoms with Gasteiger partial charge in [-0.15, -0.1) is 0 Å². The number of ether oxygens (including phenoxy) is 1. The summed E-state index contributed by atoms with van der Waals surface area (Å²) in [6.45, 7) is 7.61. The van der Waals surface area contributed by atoms with E-state index in [-0.39, 0.29) is 5.91 Å². The van der Waals surface area contributed by atoms with E-state index in [4.69, 9.17) is 9.72 Å². The van der Waals surface area contributed by atoms with E-state index in [1.165, 1.54) is 0 Å². The van der Waals surface area contributed by atoms with Crippen LogP contribution in [0.1, 0.15) is 32.9 Å². The zero-order valence-electron chi connectivity index (χ0n) is 18.2. The van der Waals surface area contributed by atoms with Gasteiger partial charge in [-0.2, -0.15) is 0 Å². The molecule has 0 aliphatic rings. The molecule has 0 saturated heterocycles. The maximum Gasteiger partial charge on any atom is 0.251 e. The third-order valence-electron chi connectivity index (χ3n) is 5.39. The maximum absolute atomic E-state index is 12.6. The molecule has 1 aromatic heterocycles. The van der Waals surface area contributed by atoms with Crippen LogP contribution in [-0.4, -0.2) is 22.1 Å². The van der Waals surface area contributed by atoms with Crippen molar-refractivity contribution in [1.82, 2.24) is 14.9 Å². The second kappa shape index (κ2) is 9.04. The van der Waals surface area contributed by atoms with Gasteiger partial charge in [-0.3, -0.25) is 4.79 Å². The fraction of sp³-hybridized carbons (Fsp3) is 0.231. The third-order valence-corrected chi connectivity index (χ3v) is 5.39. The van der Waals surface area contributed by atoms with E-state index in [9.17, 15) is 4.79 Å². The molecule has 1 amide bonds. The van der Waals surface area contributed by atoms with Crippen molar-refractivity contribution in [1.29, 1.82) is 0 Å². The first-order valence-electron chi connectivity index (χ1n) is 10.5. The van der Waals surface area contributed by atoms with Gasteiger partial charge in [0.15, 0.2) is 0 Å². The standard InChI is InChI=1S/C26H27N3O2/c1-18-8-6-11-21(16-18)26(30)27-17-24-28-22-12-4-5-13-23(22)29(24)14-15-31-25-19(2)9-7-10-20(25)3/h4-13,16H,14-15,17H2,1-3H3,(H,27,30). The second-order valence-electron chi connectivity index (χ2n) is 7.79.